The second-order valence-corrected chi connectivity index (χ2v) is 4.73. The third kappa shape index (κ3) is 3.54. The van der Waals surface area contributed by atoms with Crippen LogP contribution in [-0.4, -0.2) is 29.2 Å². The highest BCUT2D eigenvalue weighted by atomic mass is 16.5. The third-order valence-corrected chi connectivity index (χ3v) is 3.19. The molecule has 1 heterocycles. The molecule has 5 heteroatoms. The lowest BCUT2D eigenvalue weighted by Gasteiger charge is -2.11. The summed E-state index contributed by atoms with van der Waals surface area (Å²) in [5, 5.41) is 11.6. The first-order chi connectivity index (χ1) is 9.06. The van der Waals surface area contributed by atoms with Gasteiger partial charge >= 0.3 is 5.97 Å². The Morgan fingerprint density at radius 1 is 1.32 bits per heavy atom. The Hall–Kier alpha value is -1.88. The minimum Gasteiger partial charge on any atom is -0.478 e. The minimum atomic E-state index is -0.955. The number of ether oxygens (including phenoxy) is 1. The minimum absolute atomic E-state index is 0.105. The van der Waals surface area contributed by atoms with Gasteiger partial charge in [0.25, 0.3) is 0 Å². The molecule has 0 bridgehead atoms. The lowest BCUT2D eigenvalue weighted by molar-refractivity contribution is -0.131. The molecule has 1 aromatic rings. The number of benzene rings is 1. The molecule has 0 aliphatic carbocycles. The number of amides is 1. The molecular weight excluding hydrogens is 246 g/mol. The largest absolute Gasteiger partial charge is 0.478 e. The topological polar surface area (TPSA) is 75.6 Å². The average Bonchev–Trinajstić information content (AvgIpc) is 2.83. The molecule has 1 aliphatic heterocycles. The van der Waals surface area contributed by atoms with Crippen LogP contribution in [0.4, 0.5) is 0 Å². The van der Waals surface area contributed by atoms with Crippen LogP contribution >= 0.6 is 0 Å². The number of carboxylic acid groups (broad SMARTS) is 1. The van der Waals surface area contributed by atoms with Crippen LogP contribution in [0, 0.1) is 0 Å². The fourth-order valence-corrected chi connectivity index (χ4v) is 2.06. The normalized spacial score (nSPS) is 22.2. The van der Waals surface area contributed by atoms with Gasteiger partial charge in [0, 0.05) is 6.54 Å². The highest BCUT2D eigenvalue weighted by Crippen LogP contribution is 2.19. The molecule has 1 aromatic carbocycles. The lowest BCUT2D eigenvalue weighted by Crippen LogP contribution is -2.34. The Bertz CT molecular complexity index is 469. The van der Waals surface area contributed by atoms with E-state index in [-0.39, 0.29) is 23.7 Å². The highest BCUT2D eigenvalue weighted by Gasteiger charge is 2.27. The van der Waals surface area contributed by atoms with E-state index in [1.165, 1.54) is 12.1 Å². The van der Waals surface area contributed by atoms with E-state index in [0.717, 1.165) is 18.4 Å². The maximum absolute atomic E-state index is 11.8. The summed E-state index contributed by atoms with van der Waals surface area (Å²) in [5.41, 5.74) is 1.10. The van der Waals surface area contributed by atoms with Crippen molar-refractivity contribution in [1.82, 2.24) is 5.32 Å². The van der Waals surface area contributed by atoms with Gasteiger partial charge in [-0.1, -0.05) is 12.1 Å². The third-order valence-electron chi connectivity index (χ3n) is 3.19. The molecule has 1 amide bonds. The molecule has 5 nitrogen and oxygen atoms in total. The first kappa shape index (κ1) is 13.5. The van der Waals surface area contributed by atoms with Crippen LogP contribution in [0.2, 0.25) is 0 Å². The number of hydrogen-bond acceptors (Lipinski definition) is 3. The molecule has 1 saturated heterocycles. The molecule has 1 fully saturated rings. The Balaban J connectivity index is 1.85. The smallest absolute Gasteiger partial charge is 0.335 e. The number of nitrogens with one attached hydrogen (secondary N) is 1. The first-order valence-electron chi connectivity index (χ1n) is 6.31. The maximum Gasteiger partial charge on any atom is 0.335 e. The first-order valence-corrected chi connectivity index (χ1v) is 6.31. The van der Waals surface area contributed by atoms with Crippen molar-refractivity contribution in [3.8, 4) is 0 Å². The number of hydrogen-bond donors (Lipinski definition) is 2. The Morgan fingerprint density at radius 2 is 2.00 bits per heavy atom. The zero-order chi connectivity index (χ0) is 13.8. The van der Waals surface area contributed by atoms with Crippen LogP contribution in [0.3, 0.4) is 0 Å². The number of carboxylic acids is 1. The van der Waals surface area contributed by atoms with E-state index in [2.05, 4.69) is 5.32 Å². The monoisotopic (exact) mass is 263 g/mol. The fraction of sp³-hybridized carbons (Fsp3) is 0.429. The lowest BCUT2D eigenvalue weighted by atomic mass is 10.1. The maximum atomic E-state index is 11.8. The summed E-state index contributed by atoms with van der Waals surface area (Å²) in [4.78, 5) is 22.5. The molecule has 102 valence electrons. The quantitative estimate of drug-likeness (QED) is 0.864. The molecule has 0 radical (unpaired) electrons. The van der Waals surface area contributed by atoms with E-state index in [4.69, 9.17) is 9.84 Å². The Kier molecular flexibility index (Phi) is 4.16. The number of carbonyl (C=O) groups is 2. The number of carbonyl (C=O) groups excluding carboxylic acids is 1. The van der Waals surface area contributed by atoms with Gasteiger partial charge in [-0.25, -0.2) is 4.79 Å². The van der Waals surface area contributed by atoms with Gasteiger partial charge in [0.15, 0.2) is 0 Å². The predicted octanol–water partition coefficient (Wildman–Crippen LogP) is 1.57. The molecule has 2 N–H and O–H groups in total. The second-order valence-electron chi connectivity index (χ2n) is 4.73. The van der Waals surface area contributed by atoms with Gasteiger partial charge in [-0.15, -0.1) is 0 Å². The van der Waals surface area contributed by atoms with Gasteiger partial charge in [-0.2, -0.15) is 0 Å². The molecular formula is C14H17NO4. The summed E-state index contributed by atoms with van der Waals surface area (Å²) >= 11 is 0. The highest BCUT2D eigenvalue weighted by molar-refractivity contribution is 5.87. The van der Waals surface area contributed by atoms with E-state index in [0.29, 0.717) is 6.54 Å². The summed E-state index contributed by atoms with van der Waals surface area (Å²) in [6.07, 6.45) is 1.45. The fourth-order valence-electron chi connectivity index (χ4n) is 2.06. The van der Waals surface area contributed by atoms with Gasteiger partial charge in [0.05, 0.1) is 11.7 Å². The van der Waals surface area contributed by atoms with Crippen molar-refractivity contribution in [1.29, 1.82) is 0 Å². The van der Waals surface area contributed by atoms with E-state index in [9.17, 15) is 9.59 Å². The number of rotatable bonds is 4. The van der Waals surface area contributed by atoms with Gasteiger partial charge in [0.2, 0.25) is 5.91 Å². The van der Waals surface area contributed by atoms with Gasteiger partial charge in [-0.3, -0.25) is 4.79 Å². The van der Waals surface area contributed by atoms with E-state index in [1.54, 1.807) is 12.1 Å². The average molecular weight is 263 g/mol. The molecule has 0 saturated carbocycles. The second kappa shape index (κ2) is 5.84. The van der Waals surface area contributed by atoms with Crippen LogP contribution in [0.1, 0.15) is 35.7 Å². The van der Waals surface area contributed by atoms with Crippen LogP contribution < -0.4 is 5.32 Å². The molecule has 19 heavy (non-hydrogen) atoms. The molecule has 1 aliphatic rings. The summed E-state index contributed by atoms with van der Waals surface area (Å²) in [7, 11) is 0. The van der Waals surface area contributed by atoms with Crippen LogP contribution in [-0.2, 0) is 16.1 Å². The molecule has 0 spiro atoms. The van der Waals surface area contributed by atoms with E-state index >= 15 is 0 Å². The van der Waals surface area contributed by atoms with Crippen molar-refractivity contribution in [2.75, 3.05) is 0 Å². The van der Waals surface area contributed by atoms with Crippen molar-refractivity contribution in [3.05, 3.63) is 35.4 Å². The van der Waals surface area contributed by atoms with Gasteiger partial charge in [-0.05, 0) is 37.5 Å². The molecule has 2 rings (SSSR count). The number of aromatic carboxylic acids is 1. The zero-order valence-corrected chi connectivity index (χ0v) is 10.8. The van der Waals surface area contributed by atoms with Crippen molar-refractivity contribution >= 4 is 11.9 Å². The van der Waals surface area contributed by atoms with Gasteiger partial charge in [0.1, 0.15) is 6.10 Å². The van der Waals surface area contributed by atoms with E-state index in [1.807, 2.05) is 6.92 Å². The summed E-state index contributed by atoms with van der Waals surface area (Å²) in [5.74, 6) is -1.06. The summed E-state index contributed by atoms with van der Waals surface area (Å²) in [6.45, 7) is 2.34. The molecule has 0 aromatic heterocycles. The van der Waals surface area contributed by atoms with Crippen LogP contribution in [0.5, 0.6) is 0 Å². The van der Waals surface area contributed by atoms with Crippen LogP contribution in [0.15, 0.2) is 24.3 Å². The standard InChI is InChI=1S/C14H17NO4/c1-9-2-7-12(19-9)13(16)15-8-10-3-5-11(6-4-10)14(17)18/h3-6,9,12H,2,7-8H2,1H3,(H,15,16)(H,17,18)/t9-,12+/m0/s1. The van der Waals surface area contributed by atoms with Gasteiger partial charge < -0.3 is 15.2 Å². The van der Waals surface area contributed by atoms with Crippen molar-refractivity contribution in [3.63, 3.8) is 0 Å². The molecule has 2 atom stereocenters. The van der Waals surface area contributed by atoms with Crippen molar-refractivity contribution < 1.29 is 19.4 Å². The van der Waals surface area contributed by atoms with Crippen molar-refractivity contribution in [2.24, 2.45) is 0 Å². The zero-order valence-electron chi connectivity index (χ0n) is 10.8. The Labute approximate surface area is 111 Å². The summed E-state index contributed by atoms with van der Waals surface area (Å²) in [6, 6.07) is 6.44. The van der Waals surface area contributed by atoms with Crippen molar-refractivity contribution in [2.45, 2.75) is 38.5 Å². The Morgan fingerprint density at radius 3 is 2.53 bits per heavy atom. The SMILES string of the molecule is C[C@H]1CC[C@H](C(=O)NCc2ccc(C(=O)O)cc2)O1. The molecule has 0 unspecified atom stereocenters. The van der Waals surface area contributed by atoms with E-state index < -0.39 is 5.97 Å². The predicted molar refractivity (Wildman–Crippen MR) is 68.8 cm³/mol. The van der Waals surface area contributed by atoms with Crippen LogP contribution in [0.25, 0.3) is 0 Å². The summed E-state index contributed by atoms with van der Waals surface area (Å²) < 4.78 is 5.47.